The number of rotatable bonds is 4. The zero-order valence-electron chi connectivity index (χ0n) is 16.3. The Kier molecular flexibility index (Phi) is 5.46. The number of carbonyl (C=O) groups is 1. The lowest BCUT2D eigenvalue weighted by molar-refractivity contribution is 0.102. The number of carbonyl (C=O) groups excluding carboxylic acids is 1. The Morgan fingerprint density at radius 2 is 1.76 bits per heavy atom. The van der Waals surface area contributed by atoms with Crippen LogP contribution in [0.2, 0.25) is 0 Å². The van der Waals surface area contributed by atoms with E-state index in [1.54, 1.807) is 25.2 Å². The number of nitrogens with one attached hydrogen (secondary N) is 1. The minimum Gasteiger partial charge on any atom is -0.486 e. The second-order valence-corrected chi connectivity index (χ2v) is 9.01. The largest absolute Gasteiger partial charge is 0.486 e. The Bertz CT molecular complexity index is 1010. The number of nitrogens with zero attached hydrogens (tertiary/aromatic N) is 3. The molecule has 1 aromatic heterocycles. The molecule has 3 heterocycles. The number of anilines is 1. The van der Waals surface area contributed by atoms with Gasteiger partial charge in [-0.05, 0) is 25.0 Å². The monoisotopic (exact) mass is 420 g/mol. The molecule has 0 atom stereocenters. The lowest BCUT2D eigenvalue weighted by Crippen LogP contribution is -2.33. The number of aromatic nitrogens is 2. The van der Waals surface area contributed by atoms with Gasteiger partial charge in [0.15, 0.2) is 11.5 Å². The maximum absolute atomic E-state index is 13.2. The van der Waals surface area contributed by atoms with Crippen LogP contribution in [0.1, 0.15) is 36.0 Å². The summed E-state index contributed by atoms with van der Waals surface area (Å²) >= 11 is 0. The highest BCUT2D eigenvalue weighted by Crippen LogP contribution is 2.33. The highest BCUT2D eigenvalue weighted by atomic mass is 32.2. The third kappa shape index (κ3) is 4.08. The van der Waals surface area contributed by atoms with E-state index in [-0.39, 0.29) is 10.6 Å². The first-order chi connectivity index (χ1) is 13.9. The fraction of sp³-hybridized carbons (Fsp3) is 0.474. The van der Waals surface area contributed by atoms with Crippen molar-refractivity contribution in [1.82, 2.24) is 14.1 Å². The van der Waals surface area contributed by atoms with Crippen molar-refractivity contribution in [2.45, 2.75) is 30.7 Å². The van der Waals surface area contributed by atoms with Gasteiger partial charge in [-0.3, -0.25) is 9.48 Å². The van der Waals surface area contributed by atoms with E-state index in [4.69, 9.17) is 9.47 Å². The third-order valence-electron chi connectivity index (χ3n) is 4.99. The van der Waals surface area contributed by atoms with Crippen molar-refractivity contribution >= 4 is 21.6 Å². The van der Waals surface area contributed by atoms with Gasteiger partial charge in [0, 0.05) is 38.1 Å². The van der Waals surface area contributed by atoms with Crippen molar-refractivity contribution in [3.63, 3.8) is 0 Å². The molecule has 2 aromatic rings. The minimum atomic E-state index is -3.85. The lowest BCUT2D eigenvalue weighted by atomic mass is 10.2. The van der Waals surface area contributed by atoms with Gasteiger partial charge in [-0.1, -0.05) is 12.8 Å². The van der Waals surface area contributed by atoms with Gasteiger partial charge in [-0.2, -0.15) is 9.40 Å². The van der Waals surface area contributed by atoms with E-state index >= 15 is 0 Å². The zero-order chi connectivity index (χ0) is 20.4. The fourth-order valence-electron chi connectivity index (χ4n) is 3.54. The number of fused-ring (bicyclic) bond motifs is 1. The molecule has 0 aliphatic carbocycles. The molecular formula is C19H24N4O5S. The van der Waals surface area contributed by atoms with E-state index in [9.17, 15) is 13.2 Å². The van der Waals surface area contributed by atoms with Crippen molar-refractivity contribution in [3.8, 4) is 11.5 Å². The normalized spacial score (nSPS) is 17.6. The van der Waals surface area contributed by atoms with E-state index in [2.05, 4.69) is 10.4 Å². The van der Waals surface area contributed by atoms with Crippen LogP contribution in [0.15, 0.2) is 29.4 Å². The predicted octanol–water partition coefficient (Wildman–Crippen LogP) is 2.01. The van der Waals surface area contributed by atoms with Crippen molar-refractivity contribution in [1.29, 1.82) is 0 Å². The van der Waals surface area contributed by atoms with Crippen molar-refractivity contribution in [2.24, 2.45) is 7.05 Å². The Labute approximate surface area is 169 Å². The molecule has 1 fully saturated rings. The summed E-state index contributed by atoms with van der Waals surface area (Å²) < 4.78 is 40.1. The molecular weight excluding hydrogens is 396 g/mol. The SMILES string of the molecule is Cn1cc(C(=O)Nc2ccc3c(c2)OCCO3)c(S(=O)(=O)N2CCCCCC2)n1. The Hall–Kier alpha value is -2.59. The molecule has 1 saturated heterocycles. The van der Waals surface area contributed by atoms with Crippen LogP contribution in [0.25, 0.3) is 0 Å². The van der Waals surface area contributed by atoms with Crippen LogP contribution in [-0.4, -0.2) is 54.7 Å². The van der Waals surface area contributed by atoms with E-state index in [1.165, 1.54) is 15.2 Å². The fourth-order valence-corrected chi connectivity index (χ4v) is 5.18. The average Bonchev–Trinajstić information content (AvgIpc) is 2.92. The first-order valence-corrected chi connectivity index (χ1v) is 11.1. The molecule has 1 aromatic carbocycles. The lowest BCUT2D eigenvalue weighted by Gasteiger charge is -2.19. The summed E-state index contributed by atoms with van der Waals surface area (Å²) in [6.07, 6.45) is 5.06. The Morgan fingerprint density at radius 1 is 1.07 bits per heavy atom. The first kappa shape index (κ1) is 19.7. The number of amides is 1. The summed E-state index contributed by atoms with van der Waals surface area (Å²) in [5, 5.41) is 6.63. The van der Waals surface area contributed by atoms with Gasteiger partial charge in [0.1, 0.15) is 13.2 Å². The summed E-state index contributed by atoms with van der Waals surface area (Å²) in [4.78, 5) is 12.9. The number of hydrogen-bond donors (Lipinski definition) is 1. The van der Waals surface area contributed by atoms with E-state index in [1.807, 2.05) is 0 Å². The molecule has 0 saturated carbocycles. The van der Waals surface area contributed by atoms with Crippen LogP contribution in [-0.2, 0) is 17.1 Å². The van der Waals surface area contributed by atoms with Gasteiger partial charge in [0.05, 0.1) is 5.56 Å². The second-order valence-electron chi connectivity index (χ2n) is 7.15. The summed E-state index contributed by atoms with van der Waals surface area (Å²) in [5.41, 5.74) is 0.507. The zero-order valence-corrected chi connectivity index (χ0v) is 17.1. The molecule has 4 rings (SSSR count). The summed E-state index contributed by atoms with van der Waals surface area (Å²) in [6.45, 7) is 1.81. The minimum absolute atomic E-state index is 0.0200. The Morgan fingerprint density at radius 3 is 2.48 bits per heavy atom. The van der Waals surface area contributed by atoms with Crippen molar-refractivity contribution in [3.05, 3.63) is 30.0 Å². The van der Waals surface area contributed by atoms with Crippen LogP contribution < -0.4 is 14.8 Å². The number of benzene rings is 1. The molecule has 0 spiro atoms. The van der Waals surface area contributed by atoms with E-state index in [0.717, 1.165) is 25.7 Å². The maximum Gasteiger partial charge on any atom is 0.263 e. The van der Waals surface area contributed by atoms with Crippen LogP contribution in [0.4, 0.5) is 5.69 Å². The second kappa shape index (κ2) is 8.03. The Balaban J connectivity index is 1.60. The quantitative estimate of drug-likeness (QED) is 0.812. The van der Waals surface area contributed by atoms with Gasteiger partial charge in [-0.15, -0.1) is 0 Å². The molecule has 2 aliphatic rings. The van der Waals surface area contributed by atoms with Crippen LogP contribution in [0.5, 0.6) is 11.5 Å². The molecule has 0 radical (unpaired) electrons. The summed E-state index contributed by atoms with van der Waals surface area (Å²) in [6, 6.07) is 5.05. The molecule has 9 nitrogen and oxygen atoms in total. The summed E-state index contributed by atoms with van der Waals surface area (Å²) in [7, 11) is -2.25. The molecule has 0 unspecified atom stereocenters. The molecule has 1 amide bonds. The highest BCUT2D eigenvalue weighted by Gasteiger charge is 2.32. The molecule has 10 heteroatoms. The van der Waals surface area contributed by atoms with Crippen LogP contribution in [0, 0.1) is 0 Å². The maximum atomic E-state index is 13.2. The van der Waals surface area contributed by atoms with Gasteiger partial charge in [0.25, 0.3) is 15.9 Å². The third-order valence-corrected chi connectivity index (χ3v) is 6.82. The van der Waals surface area contributed by atoms with Gasteiger partial charge in [0.2, 0.25) is 5.03 Å². The van der Waals surface area contributed by atoms with Crippen LogP contribution >= 0.6 is 0 Å². The van der Waals surface area contributed by atoms with Gasteiger partial charge < -0.3 is 14.8 Å². The number of aryl methyl sites for hydroxylation is 1. The smallest absolute Gasteiger partial charge is 0.263 e. The average molecular weight is 420 g/mol. The van der Waals surface area contributed by atoms with Gasteiger partial charge >= 0.3 is 0 Å². The number of sulfonamides is 1. The van der Waals surface area contributed by atoms with Gasteiger partial charge in [-0.25, -0.2) is 8.42 Å². The topological polar surface area (TPSA) is 103 Å². The standard InChI is InChI=1S/C19H24N4O5S/c1-22-13-15(19(21-22)29(25,26)23-8-4-2-3-5-9-23)18(24)20-14-6-7-16-17(12-14)28-11-10-27-16/h6-7,12-13H,2-5,8-11H2,1H3,(H,20,24). The first-order valence-electron chi connectivity index (χ1n) is 9.70. The molecule has 0 bridgehead atoms. The van der Waals surface area contributed by atoms with Crippen molar-refractivity contribution < 1.29 is 22.7 Å². The molecule has 29 heavy (non-hydrogen) atoms. The van der Waals surface area contributed by atoms with Crippen LogP contribution in [0.3, 0.4) is 0 Å². The number of hydrogen-bond acceptors (Lipinski definition) is 6. The predicted molar refractivity (Wildman–Crippen MR) is 106 cm³/mol. The van der Waals surface area contributed by atoms with E-state index in [0.29, 0.717) is 43.5 Å². The highest BCUT2D eigenvalue weighted by molar-refractivity contribution is 7.89. The van der Waals surface area contributed by atoms with E-state index < -0.39 is 15.9 Å². The molecule has 156 valence electrons. The van der Waals surface area contributed by atoms with Crippen molar-refractivity contribution in [2.75, 3.05) is 31.6 Å². The summed E-state index contributed by atoms with van der Waals surface area (Å²) in [5.74, 6) is 0.612. The number of ether oxygens (including phenoxy) is 2. The molecule has 2 aliphatic heterocycles. The molecule has 1 N–H and O–H groups in total.